The van der Waals surface area contributed by atoms with Crippen molar-refractivity contribution in [2.45, 2.75) is 6.61 Å². The Bertz CT molecular complexity index is 376. The molecular formula is C14H22FNO4. The molecule has 0 atom stereocenters. The number of rotatable bonds is 11. The van der Waals surface area contributed by atoms with Crippen LogP contribution in [0.3, 0.4) is 0 Å². The lowest BCUT2D eigenvalue weighted by Crippen LogP contribution is -2.11. The maximum Gasteiger partial charge on any atom is 0.146 e. The molecule has 0 amide bonds. The minimum absolute atomic E-state index is 0.144. The monoisotopic (exact) mass is 287 g/mol. The van der Waals surface area contributed by atoms with E-state index in [9.17, 15) is 4.39 Å². The average molecular weight is 287 g/mol. The van der Waals surface area contributed by atoms with Crippen LogP contribution in [0.5, 0.6) is 0 Å². The summed E-state index contributed by atoms with van der Waals surface area (Å²) in [5.41, 5.74) is 6.28. The molecule has 0 saturated carbocycles. The molecule has 20 heavy (non-hydrogen) atoms. The molecule has 0 fully saturated rings. The molecule has 1 aromatic rings. The number of anilines is 1. The van der Waals surface area contributed by atoms with Gasteiger partial charge in [0.15, 0.2) is 0 Å². The second-order valence-electron chi connectivity index (χ2n) is 4.13. The lowest BCUT2D eigenvalue weighted by molar-refractivity contribution is 0.000847. The molecular weight excluding hydrogens is 265 g/mol. The van der Waals surface area contributed by atoms with E-state index in [1.165, 1.54) is 12.1 Å². The van der Waals surface area contributed by atoms with Crippen LogP contribution >= 0.6 is 0 Å². The van der Waals surface area contributed by atoms with Crippen molar-refractivity contribution < 1.29 is 23.3 Å². The SMILES string of the molecule is COCCOCCOCCOCc1ccc(N)c(F)c1. The van der Waals surface area contributed by atoms with E-state index in [0.29, 0.717) is 46.2 Å². The molecule has 0 unspecified atom stereocenters. The second kappa shape index (κ2) is 10.6. The van der Waals surface area contributed by atoms with E-state index in [2.05, 4.69) is 0 Å². The Hall–Kier alpha value is -1.21. The van der Waals surface area contributed by atoms with Crippen LogP contribution in [-0.4, -0.2) is 46.8 Å². The van der Waals surface area contributed by atoms with Crippen molar-refractivity contribution in [1.29, 1.82) is 0 Å². The minimum Gasteiger partial charge on any atom is -0.396 e. The van der Waals surface area contributed by atoms with E-state index in [1.54, 1.807) is 13.2 Å². The van der Waals surface area contributed by atoms with Crippen molar-refractivity contribution in [2.24, 2.45) is 0 Å². The normalized spacial score (nSPS) is 10.9. The summed E-state index contributed by atoms with van der Waals surface area (Å²) in [7, 11) is 1.63. The van der Waals surface area contributed by atoms with Gasteiger partial charge in [-0.25, -0.2) is 4.39 Å². The smallest absolute Gasteiger partial charge is 0.146 e. The van der Waals surface area contributed by atoms with Gasteiger partial charge in [0.1, 0.15) is 5.82 Å². The third-order valence-electron chi connectivity index (χ3n) is 2.51. The summed E-state index contributed by atoms with van der Waals surface area (Å²) in [6.45, 7) is 3.47. The first-order valence-electron chi connectivity index (χ1n) is 6.50. The Kier molecular flexibility index (Phi) is 8.90. The summed E-state index contributed by atoms with van der Waals surface area (Å²) >= 11 is 0. The fraction of sp³-hybridized carbons (Fsp3) is 0.571. The van der Waals surface area contributed by atoms with Gasteiger partial charge in [0.25, 0.3) is 0 Å². The second-order valence-corrected chi connectivity index (χ2v) is 4.13. The number of halogens is 1. The largest absolute Gasteiger partial charge is 0.396 e. The molecule has 0 bridgehead atoms. The van der Waals surface area contributed by atoms with Crippen LogP contribution in [0, 0.1) is 5.82 Å². The Morgan fingerprint density at radius 2 is 1.55 bits per heavy atom. The fourth-order valence-electron chi connectivity index (χ4n) is 1.43. The first kappa shape index (κ1) is 16.8. The van der Waals surface area contributed by atoms with Crippen LogP contribution in [0.1, 0.15) is 5.56 Å². The summed E-state index contributed by atoms with van der Waals surface area (Å²) in [5.74, 6) is -0.421. The first-order chi connectivity index (χ1) is 9.74. The zero-order chi connectivity index (χ0) is 14.6. The van der Waals surface area contributed by atoms with Gasteiger partial charge in [-0.2, -0.15) is 0 Å². The van der Waals surface area contributed by atoms with Crippen LogP contribution in [0.4, 0.5) is 10.1 Å². The quantitative estimate of drug-likeness (QED) is 0.495. The molecule has 6 heteroatoms. The average Bonchev–Trinajstić information content (AvgIpc) is 2.45. The van der Waals surface area contributed by atoms with Crippen LogP contribution in [0.15, 0.2) is 18.2 Å². The predicted molar refractivity (Wildman–Crippen MR) is 74.0 cm³/mol. The van der Waals surface area contributed by atoms with E-state index in [1.807, 2.05) is 0 Å². The summed E-state index contributed by atoms with van der Waals surface area (Å²) in [6, 6.07) is 4.64. The van der Waals surface area contributed by atoms with Crippen LogP contribution in [0.25, 0.3) is 0 Å². The summed E-state index contributed by atoms with van der Waals surface area (Å²) in [5, 5.41) is 0. The van der Waals surface area contributed by atoms with Crippen molar-refractivity contribution in [3.8, 4) is 0 Å². The number of methoxy groups -OCH3 is 1. The highest BCUT2D eigenvalue weighted by Crippen LogP contribution is 2.12. The summed E-state index contributed by atoms with van der Waals surface area (Å²) in [6.07, 6.45) is 0. The molecule has 0 aromatic heterocycles. The van der Waals surface area contributed by atoms with Gasteiger partial charge in [-0.05, 0) is 17.7 Å². The Labute approximate surface area is 118 Å². The molecule has 0 aliphatic rings. The van der Waals surface area contributed by atoms with E-state index in [4.69, 9.17) is 24.7 Å². The zero-order valence-electron chi connectivity index (χ0n) is 11.8. The number of hydrogen-bond donors (Lipinski definition) is 1. The Morgan fingerprint density at radius 3 is 2.15 bits per heavy atom. The predicted octanol–water partition coefficient (Wildman–Crippen LogP) is 1.60. The molecule has 0 saturated heterocycles. The highest BCUT2D eigenvalue weighted by Gasteiger charge is 2.00. The molecule has 1 aromatic carbocycles. The lowest BCUT2D eigenvalue weighted by Gasteiger charge is -2.07. The third-order valence-corrected chi connectivity index (χ3v) is 2.51. The number of hydrogen-bond acceptors (Lipinski definition) is 5. The molecule has 0 spiro atoms. The van der Waals surface area contributed by atoms with Gasteiger partial charge in [0, 0.05) is 7.11 Å². The summed E-state index contributed by atoms with van der Waals surface area (Å²) < 4.78 is 33.9. The van der Waals surface area contributed by atoms with Crippen molar-refractivity contribution in [2.75, 3.05) is 52.5 Å². The molecule has 0 radical (unpaired) electrons. The maximum absolute atomic E-state index is 13.2. The molecule has 2 N–H and O–H groups in total. The highest BCUT2D eigenvalue weighted by molar-refractivity contribution is 5.41. The number of nitrogens with two attached hydrogens (primary N) is 1. The number of benzene rings is 1. The van der Waals surface area contributed by atoms with Gasteiger partial charge in [0.05, 0.1) is 51.9 Å². The van der Waals surface area contributed by atoms with Crippen molar-refractivity contribution in [1.82, 2.24) is 0 Å². The van der Waals surface area contributed by atoms with E-state index >= 15 is 0 Å². The molecule has 5 nitrogen and oxygen atoms in total. The Balaban J connectivity index is 1.95. The summed E-state index contributed by atoms with van der Waals surface area (Å²) in [4.78, 5) is 0. The molecule has 114 valence electrons. The molecule has 0 heterocycles. The van der Waals surface area contributed by atoms with Crippen molar-refractivity contribution in [3.63, 3.8) is 0 Å². The van der Waals surface area contributed by atoms with Gasteiger partial charge in [-0.15, -0.1) is 0 Å². The molecule has 0 aliphatic carbocycles. The number of nitrogen functional groups attached to an aromatic ring is 1. The van der Waals surface area contributed by atoms with Crippen LogP contribution in [0.2, 0.25) is 0 Å². The fourth-order valence-corrected chi connectivity index (χ4v) is 1.43. The van der Waals surface area contributed by atoms with Gasteiger partial charge >= 0.3 is 0 Å². The first-order valence-corrected chi connectivity index (χ1v) is 6.50. The van der Waals surface area contributed by atoms with E-state index in [-0.39, 0.29) is 5.69 Å². The van der Waals surface area contributed by atoms with Crippen LogP contribution < -0.4 is 5.73 Å². The minimum atomic E-state index is -0.421. The van der Waals surface area contributed by atoms with Gasteiger partial charge in [-0.1, -0.05) is 6.07 Å². The van der Waals surface area contributed by atoms with Crippen LogP contribution in [-0.2, 0) is 25.6 Å². The zero-order valence-corrected chi connectivity index (χ0v) is 11.8. The number of ether oxygens (including phenoxy) is 4. The topological polar surface area (TPSA) is 62.9 Å². The standard InChI is InChI=1S/C14H22FNO4/c1-17-4-5-18-6-7-19-8-9-20-11-12-2-3-14(16)13(15)10-12/h2-3,10H,4-9,11,16H2,1H3. The maximum atomic E-state index is 13.2. The lowest BCUT2D eigenvalue weighted by atomic mass is 10.2. The van der Waals surface area contributed by atoms with Crippen molar-refractivity contribution >= 4 is 5.69 Å². The van der Waals surface area contributed by atoms with E-state index in [0.717, 1.165) is 5.56 Å². The Morgan fingerprint density at radius 1 is 0.950 bits per heavy atom. The van der Waals surface area contributed by atoms with Crippen molar-refractivity contribution in [3.05, 3.63) is 29.6 Å². The van der Waals surface area contributed by atoms with Gasteiger partial charge < -0.3 is 24.7 Å². The van der Waals surface area contributed by atoms with Gasteiger partial charge in [-0.3, -0.25) is 0 Å². The molecule has 0 aliphatic heterocycles. The highest BCUT2D eigenvalue weighted by atomic mass is 19.1. The van der Waals surface area contributed by atoms with Gasteiger partial charge in [0.2, 0.25) is 0 Å². The molecule has 1 rings (SSSR count). The van der Waals surface area contributed by atoms with E-state index < -0.39 is 5.82 Å². The third kappa shape index (κ3) is 7.40.